The lowest BCUT2D eigenvalue weighted by Crippen LogP contribution is -2.58. The number of fused-ring (bicyclic) bond motifs is 2. The molecule has 9 nitrogen and oxygen atoms in total. The van der Waals surface area contributed by atoms with Crippen molar-refractivity contribution in [3.05, 3.63) is 52.7 Å². The van der Waals surface area contributed by atoms with Gasteiger partial charge in [0.1, 0.15) is 35.6 Å². The summed E-state index contributed by atoms with van der Waals surface area (Å²) in [5.74, 6) is 0.529. The average Bonchev–Trinajstić information content (AvgIpc) is 2.68. The van der Waals surface area contributed by atoms with Crippen molar-refractivity contribution in [2.45, 2.75) is 30.7 Å². The molecule has 4 rings (SSSR count). The van der Waals surface area contributed by atoms with Gasteiger partial charge in [0.25, 0.3) is 0 Å². The molecule has 1 fully saturated rings. The third kappa shape index (κ3) is 4.14. The van der Waals surface area contributed by atoms with Gasteiger partial charge in [0.2, 0.25) is 0 Å². The predicted octanol–water partition coefficient (Wildman–Crippen LogP) is -0.929. The number of rotatable bonds is 1. The molecule has 0 saturated carbocycles. The first-order valence-electron chi connectivity index (χ1n) is 8.19. The van der Waals surface area contributed by atoms with Crippen LogP contribution in [0.15, 0.2) is 51.7 Å². The molecule has 5 atom stereocenters. The maximum atomic E-state index is 11.1. The highest BCUT2D eigenvalue weighted by Crippen LogP contribution is 2.22. The fraction of sp³-hybridized carbons (Fsp3) is 0.333. The van der Waals surface area contributed by atoms with Crippen molar-refractivity contribution in [3.8, 4) is 11.5 Å². The molecule has 1 aliphatic carbocycles. The van der Waals surface area contributed by atoms with Crippen molar-refractivity contribution in [2.75, 3.05) is 6.61 Å². The zero-order valence-corrected chi connectivity index (χ0v) is 14.0. The Hall–Kier alpha value is -2.40. The topological polar surface area (TPSA) is 153 Å². The fourth-order valence-corrected chi connectivity index (χ4v) is 2.63. The molecule has 2 aliphatic heterocycles. The van der Waals surface area contributed by atoms with Gasteiger partial charge in [-0.2, -0.15) is 0 Å². The van der Waals surface area contributed by atoms with E-state index in [4.69, 9.17) is 29.9 Å². The number of para-hydroxylation sites is 2. The highest BCUT2D eigenvalue weighted by atomic mass is 16.6. The number of nitrogens with zero attached hydrogens (tertiary/aromatic N) is 1. The summed E-state index contributed by atoms with van der Waals surface area (Å²) >= 11 is 0. The second-order valence-electron chi connectivity index (χ2n) is 6.03. The molecule has 27 heavy (non-hydrogen) atoms. The average molecular weight is 377 g/mol. The van der Waals surface area contributed by atoms with Gasteiger partial charge < -0.3 is 34.7 Å². The van der Waals surface area contributed by atoms with Crippen LogP contribution in [0, 0.1) is 0 Å². The van der Waals surface area contributed by atoms with Gasteiger partial charge in [-0.1, -0.05) is 12.1 Å². The predicted molar refractivity (Wildman–Crippen MR) is 92.9 cm³/mol. The first kappa shape index (κ1) is 19.4. The summed E-state index contributed by atoms with van der Waals surface area (Å²) in [4.78, 5) is 15.5. The summed E-state index contributed by atoms with van der Waals surface area (Å²) in [6, 6.07) is 12.1. The van der Waals surface area contributed by atoms with Crippen LogP contribution in [0.1, 0.15) is 0 Å². The largest absolute Gasteiger partial charge is 0.453 e. The number of hydrogen-bond donors (Lipinski definition) is 5. The number of ether oxygens (including phenoxy) is 1. The van der Waals surface area contributed by atoms with Crippen molar-refractivity contribution in [3.63, 3.8) is 0 Å². The summed E-state index contributed by atoms with van der Waals surface area (Å²) in [5.41, 5.74) is 2.12. The molecule has 0 radical (unpaired) electrons. The Morgan fingerprint density at radius 2 is 1.70 bits per heavy atom. The van der Waals surface area contributed by atoms with Crippen LogP contribution in [-0.4, -0.2) is 67.8 Å². The van der Waals surface area contributed by atoms with Crippen molar-refractivity contribution >= 4 is 11.1 Å². The Morgan fingerprint density at radius 1 is 0.963 bits per heavy atom. The summed E-state index contributed by atoms with van der Waals surface area (Å²) < 4.78 is 10.1. The van der Waals surface area contributed by atoms with Crippen LogP contribution in [0.4, 0.5) is 0 Å². The van der Waals surface area contributed by atoms with E-state index in [1.165, 1.54) is 12.1 Å². The number of benzene rings is 2. The molecule has 0 bridgehead atoms. The van der Waals surface area contributed by atoms with E-state index >= 15 is 0 Å². The monoisotopic (exact) mass is 377 g/mol. The number of aromatic nitrogens is 1. The van der Waals surface area contributed by atoms with Crippen molar-refractivity contribution in [2.24, 2.45) is 0 Å². The molecule has 1 unspecified atom stereocenters. The van der Waals surface area contributed by atoms with Gasteiger partial charge in [-0.15, -0.1) is 0 Å². The minimum Gasteiger partial charge on any atom is -0.453 e. The van der Waals surface area contributed by atoms with Gasteiger partial charge in [-0.3, -0.25) is 4.79 Å². The molecular formula is C18H19NO8. The molecule has 3 aliphatic rings. The smallest absolute Gasteiger partial charge is 0.184 e. The van der Waals surface area contributed by atoms with E-state index in [0.717, 1.165) is 5.52 Å². The van der Waals surface area contributed by atoms with E-state index in [1.54, 1.807) is 6.07 Å². The molecule has 9 heteroatoms. The third-order valence-corrected chi connectivity index (χ3v) is 4.12. The lowest BCUT2D eigenvalue weighted by atomic mass is 10.00. The lowest BCUT2D eigenvalue weighted by Gasteiger charge is -2.37. The first-order chi connectivity index (χ1) is 12.9. The van der Waals surface area contributed by atoms with Crippen LogP contribution >= 0.6 is 0 Å². The second-order valence-corrected chi connectivity index (χ2v) is 6.03. The van der Waals surface area contributed by atoms with Crippen LogP contribution < -0.4 is 5.43 Å². The van der Waals surface area contributed by atoms with E-state index in [2.05, 4.69) is 9.72 Å². The van der Waals surface area contributed by atoms with Crippen LogP contribution in [0.3, 0.4) is 0 Å². The van der Waals surface area contributed by atoms with E-state index in [0.29, 0.717) is 17.0 Å². The molecule has 5 N–H and O–H groups in total. The molecule has 0 spiro atoms. The molecular weight excluding hydrogens is 358 g/mol. The minimum atomic E-state index is -1.57. The summed E-state index contributed by atoms with van der Waals surface area (Å²) in [5, 5.41) is 44.7. The van der Waals surface area contributed by atoms with Gasteiger partial charge in [-0.25, -0.2) is 4.98 Å². The second kappa shape index (κ2) is 8.09. The Morgan fingerprint density at radius 3 is 2.44 bits per heavy atom. The van der Waals surface area contributed by atoms with Crippen LogP contribution in [0.5, 0.6) is 0 Å². The van der Waals surface area contributed by atoms with E-state index in [9.17, 15) is 4.79 Å². The number of aliphatic hydroxyl groups is 5. The molecule has 1 aromatic rings. The van der Waals surface area contributed by atoms with Gasteiger partial charge in [0, 0.05) is 6.07 Å². The van der Waals surface area contributed by atoms with E-state index in [1.807, 2.05) is 24.3 Å². The standard InChI is InChI=1S/C12H7NO2.C6H12O6/c14-8-5-6-10-12(7-8)15-11-4-2-1-3-9(11)13-10;7-1-2-3(8)4(9)5(10)6(11)12-2/h1-7H;2-11H,1H2/t;2-,3-,4+,5-,6?/m.1/s1. The molecule has 1 saturated heterocycles. The van der Waals surface area contributed by atoms with Gasteiger partial charge in [-0.05, 0) is 24.3 Å². The van der Waals surface area contributed by atoms with Crippen molar-refractivity contribution in [1.82, 2.24) is 4.98 Å². The zero-order chi connectivity index (χ0) is 19.6. The molecule has 0 amide bonds. The Labute approximate surface area is 153 Å². The molecule has 2 heterocycles. The number of hydrogen-bond acceptors (Lipinski definition) is 9. The Bertz CT molecular complexity index is 924. The number of aliphatic hydroxyl groups excluding tert-OH is 5. The summed E-state index contributed by atoms with van der Waals surface area (Å²) in [6.45, 7) is -0.526. The van der Waals surface area contributed by atoms with Crippen molar-refractivity contribution in [1.29, 1.82) is 0 Å². The molecule has 1 aromatic carbocycles. The highest BCUT2D eigenvalue weighted by molar-refractivity contribution is 5.75. The van der Waals surface area contributed by atoms with E-state index < -0.39 is 37.3 Å². The maximum absolute atomic E-state index is 11.1. The highest BCUT2D eigenvalue weighted by Gasteiger charge is 2.42. The van der Waals surface area contributed by atoms with Crippen LogP contribution in [0.25, 0.3) is 22.6 Å². The fourth-order valence-electron chi connectivity index (χ4n) is 2.63. The first-order valence-corrected chi connectivity index (χ1v) is 8.19. The third-order valence-electron chi connectivity index (χ3n) is 4.12. The van der Waals surface area contributed by atoms with Gasteiger partial charge in [0.15, 0.2) is 23.1 Å². The maximum Gasteiger partial charge on any atom is 0.184 e. The van der Waals surface area contributed by atoms with Gasteiger partial charge >= 0.3 is 0 Å². The molecule has 0 aromatic heterocycles. The summed E-state index contributed by atoms with van der Waals surface area (Å²) in [6.07, 6.45) is -7.04. The summed E-state index contributed by atoms with van der Waals surface area (Å²) in [7, 11) is 0. The van der Waals surface area contributed by atoms with Crippen LogP contribution in [0.2, 0.25) is 0 Å². The van der Waals surface area contributed by atoms with Gasteiger partial charge in [0.05, 0.1) is 6.61 Å². The van der Waals surface area contributed by atoms with Crippen molar-refractivity contribution < 1.29 is 34.7 Å². The zero-order valence-electron chi connectivity index (χ0n) is 14.0. The minimum absolute atomic E-state index is 0.0664. The Balaban J connectivity index is 0.000000161. The van der Waals surface area contributed by atoms with Crippen LogP contribution in [-0.2, 0) is 4.74 Å². The normalized spacial score (nSPS) is 28.0. The van der Waals surface area contributed by atoms with E-state index in [-0.39, 0.29) is 5.43 Å². The SMILES string of the molecule is O=c1ccc2nc3ccccc3oc-2c1.OC[C@H]1OC(O)[C@H](O)[C@@H](O)[C@@H]1O. The lowest BCUT2D eigenvalue weighted by molar-refractivity contribution is -0.286. The molecule has 144 valence electrons. The Kier molecular flexibility index (Phi) is 5.80. The quantitative estimate of drug-likeness (QED) is 0.338.